The van der Waals surface area contributed by atoms with E-state index in [1.54, 1.807) is 0 Å². The molecular formula is C17H24ClNO. The molecule has 0 bridgehead atoms. The molecule has 20 heavy (non-hydrogen) atoms. The first kappa shape index (κ1) is 15.4. The topological polar surface area (TPSA) is 21.3 Å². The third-order valence-electron chi connectivity index (χ3n) is 3.37. The van der Waals surface area contributed by atoms with E-state index in [1.165, 1.54) is 11.1 Å². The van der Waals surface area contributed by atoms with E-state index in [4.69, 9.17) is 16.3 Å². The lowest BCUT2D eigenvalue weighted by molar-refractivity contribution is 0.354. The van der Waals surface area contributed by atoms with E-state index in [2.05, 4.69) is 31.3 Å². The minimum absolute atomic E-state index is 0.713. The van der Waals surface area contributed by atoms with Crippen LogP contribution in [0.2, 0.25) is 5.02 Å². The molecule has 0 fully saturated rings. The van der Waals surface area contributed by atoms with Crippen molar-refractivity contribution in [1.29, 1.82) is 0 Å². The number of hydrogen-bond acceptors (Lipinski definition) is 2. The molecule has 0 aliphatic carbocycles. The first-order chi connectivity index (χ1) is 9.66. The lowest BCUT2D eigenvalue weighted by atomic mass is 10.1. The SMILES string of the molecule is CC(C)CNCC/C=C/Cc1cc(Cl)cc2c1OCC2. The lowest BCUT2D eigenvalue weighted by Crippen LogP contribution is -2.20. The van der Waals surface area contributed by atoms with Crippen molar-refractivity contribution < 1.29 is 4.74 Å². The Morgan fingerprint density at radius 2 is 2.20 bits per heavy atom. The molecule has 2 rings (SSSR count). The van der Waals surface area contributed by atoms with Crippen LogP contribution in [0.3, 0.4) is 0 Å². The van der Waals surface area contributed by atoms with Gasteiger partial charge in [0.1, 0.15) is 5.75 Å². The number of hydrogen-bond donors (Lipinski definition) is 1. The van der Waals surface area contributed by atoms with Gasteiger partial charge in [-0.15, -0.1) is 0 Å². The van der Waals surface area contributed by atoms with Crippen LogP contribution < -0.4 is 10.1 Å². The molecule has 1 heterocycles. The lowest BCUT2D eigenvalue weighted by Gasteiger charge is -2.07. The van der Waals surface area contributed by atoms with E-state index in [1.807, 2.05) is 12.1 Å². The Hall–Kier alpha value is -0.990. The van der Waals surface area contributed by atoms with Crippen molar-refractivity contribution in [2.45, 2.75) is 33.1 Å². The first-order valence-corrected chi connectivity index (χ1v) is 7.84. The zero-order valence-corrected chi connectivity index (χ0v) is 13.2. The quantitative estimate of drug-likeness (QED) is 0.606. The molecular weight excluding hydrogens is 270 g/mol. The minimum Gasteiger partial charge on any atom is -0.493 e. The van der Waals surface area contributed by atoms with Crippen molar-refractivity contribution in [1.82, 2.24) is 5.32 Å². The summed E-state index contributed by atoms with van der Waals surface area (Å²) < 4.78 is 5.70. The van der Waals surface area contributed by atoms with Gasteiger partial charge in [0.15, 0.2) is 0 Å². The van der Waals surface area contributed by atoms with E-state index in [0.717, 1.165) is 49.7 Å². The second-order valence-corrected chi connectivity index (χ2v) is 6.15. The molecule has 2 nitrogen and oxygen atoms in total. The summed E-state index contributed by atoms with van der Waals surface area (Å²) >= 11 is 6.15. The second-order valence-electron chi connectivity index (χ2n) is 5.71. The summed E-state index contributed by atoms with van der Waals surface area (Å²) in [6.45, 7) is 7.36. The molecule has 0 amide bonds. The highest BCUT2D eigenvalue weighted by Crippen LogP contribution is 2.33. The molecule has 1 aliphatic rings. The van der Waals surface area contributed by atoms with Crippen LogP contribution in [-0.4, -0.2) is 19.7 Å². The van der Waals surface area contributed by atoms with Crippen LogP contribution in [0.5, 0.6) is 5.75 Å². The maximum Gasteiger partial charge on any atom is 0.126 e. The molecule has 1 N–H and O–H groups in total. The third kappa shape index (κ3) is 4.53. The van der Waals surface area contributed by atoms with Gasteiger partial charge >= 0.3 is 0 Å². The summed E-state index contributed by atoms with van der Waals surface area (Å²) in [5, 5.41) is 4.25. The monoisotopic (exact) mass is 293 g/mol. The Labute approximate surface area is 127 Å². The Kier molecular flexibility index (Phi) is 5.93. The Morgan fingerprint density at radius 1 is 1.35 bits per heavy atom. The second kappa shape index (κ2) is 7.70. The fourth-order valence-corrected chi connectivity index (χ4v) is 2.67. The number of allylic oxidation sites excluding steroid dienone is 1. The number of fused-ring (bicyclic) bond motifs is 1. The molecule has 0 atom stereocenters. The highest BCUT2D eigenvalue weighted by atomic mass is 35.5. The van der Waals surface area contributed by atoms with E-state index in [9.17, 15) is 0 Å². The molecule has 0 spiro atoms. The van der Waals surface area contributed by atoms with Gasteiger partial charge in [-0.2, -0.15) is 0 Å². The van der Waals surface area contributed by atoms with E-state index in [0.29, 0.717) is 5.92 Å². The fourth-order valence-electron chi connectivity index (χ4n) is 2.40. The average molecular weight is 294 g/mol. The van der Waals surface area contributed by atoms with Gasteiger partial charge in [0, 0.05) is 11.4 Å². The number of rotatable bonds is 7. The van der Waals surface area contributed by atoms with Crippen LogP contribution in [0.15, 0.2) is 24.3 Å². The van der Waals surface area contributed by atoms with Crippen molar-refractivity contribution in [2.75, 3.05) is 19.7 Å². The Bertz CT molecular complexity index is 468. The van der Waals surface area contributed by atoms with Gasteiger partial charge in [0.2, 0.25) is 0 Å². The van der Waals surface area contributed by atoms with Crippen molar-refractivity contribution in [3.05, 3.63) is 40.4 Å². The predicted molar refractivity (Wildman–Crippen MR) is 85.8 cm³/mol. The standard InChI is InChI=1S/C17H24ClNO/c1-13(2)12-19-8-5-3-4-6-14-10-16(18)11-15-7-9-20-17(14)15/h3-4,10-11,13,19H,5-9,12H2,1-2H3/b4-3+. The smallest absolute Gasteiger partial charge is 0.126 e. The fraction of sp³-hybridized carbons (Fsp3) is 0.529. The van der Waals surface area contributed by atoms with Crippen LogP contribution in [0.1, 0.15) is 31.4 Å². The molecule has 110 valence electrons. The molecule has 1 aliphatic heterocycles. The summed E-state index contributed by atoms with van der Waals surface area (Å²) in [5.41, 5.74) is 2.45. The predicted octanol–water partition coefficient (Wildman–Crippen LogP) is 4.01. The number of nitrogens with one attached hydrogen (secondary N) is 1. The Morgan fingerprint density at radius 3 is 3.00 bits per heavy atom. The molecule has 0 unspecified atom stereocenters. The maximum atomic E-state index is 6.15. The number of ether oxygens (including phenoxy) is 1. The van der Waals surface area contributed by atoms with Crippen molar-refractivity contribution in [3.8, 4) is 5.75 Å². The van der Waals surface area contributed by atoms with E-state index < -0.39 is 0 Å². The summed E-state index contributed by atoms with van der Waals surface area (Å²) in [7, 11) is 0. The molecule has 0 saturated carbocycles. The highest BCUT2D eigenvalue weighted by Gasteiger charge is 2.16. The van der Waals surface area contributed by atoms with Crippen LogP contribution in [0, 0.1) is 5.92 Å². The summed E-state index contributed by atoms with van der Waals surface area (Å²) in [6, 6.07) is 4.04. The van der Waals surface area contributed by atoms with Crippen LogP contribution in [0.4, 0.5) is 0 Å². The maximum absolute atomic E-state index is 6.15. The van der Waals surface area contributed by atoms with Crippen molar-refractivity contribution >= 4 is 11.6 Å². The molecule has 0 saturated heterocycles. The van der Waals surface area contributed by atoms with Gasteiger partial charge in [-0.1, -0.05) is 37.6 Å². The van der Waals surface area contributed by atoms with E-state index >= 15 is 0 Å². The average Bonchev–Trinajstić information content (AvgIpc) is 2.85. The normalized spacial score (nSPS) is 14.0. The molecule has 0 radical (unpaired) electrons. The largest absolute Gasteiger partial charge is 0.493 e. The van der Waals surface area contributed by atoms with Gasteiger partial charge in [-0.3, -0.25) is 0 Å². The van der Waals surface area contributed by atoms with Gasteiger partial charge in [-0.05, 0) is 55.1 Å². The van der Waals surface area contributed by atoms with Crippen molar-refractivity contribution in [3.63, 3.8) is 0 Å². The number of halogens is 1. The Balaban J connectivity index is 1.79. The number of benzene rings is 1. The zero-order valence-electron chi connectivity index (χ0n) is 12.4. The molecule has 3 heteroatoms. The van der Waals surface area contributed by atoms with Crippen molar-refractivity contribution in [2.24, 2.45) is 5.92 Å². The molecule has 1 aromatic rings. The molecule has 1 aromatic carbocycles. The zero-order chi connectivity index (χ0) is 14.4. The highest BCUT2D eigenvalue weighted by molar-refractivity contribution is 6.30. The van der Waals surface area contributed by atoms with E-state index in [-0.39, 0.29) is 0 Å². The van der Waals surface area contributed by atoms with Gasteiger partial charge in [0.25, 0.3) is 0 Å². The van der Waals surface area contributed by atoms with Gasteiger partial charge in [-0.25, -0.2) is 0 Å². The summed E-state index contributed by atoms with van der Waals surface area (Å²) in [5.74, 6) is 1.77. The molecule has 0 aromatic heterocycles. The van der Waals surface area contributed by atoms with Gasteiger partial charge < -0.3 is 10.1 Å². The summed E-state index contributed by atoms with van der Waals surface area (Å²) in [6.07, 6.45) is 7.38. The van der Waals surface area contributed by atoms with Crippen LogP contribution >= 0.6 is 11.6 Å². The van der Waals surface area contributed by atoms with Crippen LogP contribution in [-0.2, 0) is 12.8 Å². The van der Waals surface area contributed by atoms with Crippen LogP contribution in [0.25, 0.3) is 0 Å². The first-order valence-electron chi connectivity index (χ1n) is 7.46. The minimum atomic E-state index is 0.713. The summed E-state index contributed by atoms with van der Waals surface area (Å²) in [4.78, 5) is 0. The third-order valence-corrected chi connectivity index (χ3v) is 3.59. The van der Waals surface area contributed by atoms with Gasteiger partial charge in [0.05, 0.1) is 6.61 Å².